The summed E-state index contributed by atoms with van der Waals surface area (Å²) in [7, 11) is 3.26. The van der Waals surface area contributed by atoms with Crippen molar-refractivity contribution in [3.05, 3.63) is 58.9 Å². The van der Waals surface area contributed by atoms with E-state index in [1.54, 1.807) is 20.3 Å². The molecular formula is C18H19ClFNO2. The predicted molar refractivity (Wildman–Crippen MR) is 83.3 cm³/mol. The van der Waals surface area contributed by atoms with Crippen LogP contribution in [0.15, 0.2) is 36.4 Å². The van der Waals surface area contributed by atoms with Crippen molar-refractivity contribution in [1.82, 2.24) is 0 Å². The molecule has 0 radical (unpaired) electrons. The minimum Gasteiger partial charge on any atom is -1.00 e. The molecule has 0 bridgehead atoms. The van der Waals surface area contributed by atoms with Crippen LogP contribution in [-0.4, -0.2) is 26.5 Å². The molecule has 2 aromatic rings. The largest absolute Gasteiger partial charge is 1.00 e. The molecule has 0 fully saturated rings. The standard InChI is InChI=1S/C18H18FNO2.ClH/c1-21-17-10-12-7-8-20-16(14(12)11-18(17)22-2)9-13-5-3-4-6-15(13)19;/h3-6,10-11H,7-9H2,1-2H3;1H. The Morgan fingerprint density at radius 2 is 1.78 bits per heavy atom. The molecule has 3 rings (SSSR count). The van der Waals surface area contributed by atoms with Crippen LogP contribution in [-0.2, 0) is 12.8 Å². The van der Waals surface area contributed by atoms with Crippen molar-refractivity contribution in [1.29, 1.82) is 0 Å². The Bertz CT molecular complexity index is 731. The Morgan fingerprint density at radius 3 is 2.48 bits per heavy atom. The van der Waals surface area contributed by atoms with E-state index < -0.39 is 0 Å². The van der Waals surface area contributed by atoms with Crippen molar-refractivity contribution < 1.29 is 31.3 Å². The maximum absolute atomic E-state index is 13.9. The topological polar surface area (TPSA) is 32.4 Å². The van der Waals surface area contributed by atoms with Crippen molar-refractivity contribution in [3.63, 3.8) is 0 Å². The normalized spacial score (nSPS) is 12.7. The lowest BCUT2D eigenvalue weighted by Gasteiger charge is -2.16. The van der Waals surface area contributed by atoms with E-state index in [0.717, 1.165) is 30.0 Å². The van der Waals surface area contributed by atoms with E-state index in [4.69, 9.17) is 9.47 Å². The summed E-state index contributed by atoms with van der Waals surface area (Å²) in [5, 5.41) is 0. The van der Waals surface area contributed by atoms with Crippen LogP contribution < -0.4 is 26.9 Å². The summed E-state index contributed by atoms with van der Waals surface area (Å²) in [6.07, 6.45) is 1.45. The molecule has 0 spiro atoms. The van der Waals surface area contributed by atoms with Gasteiger partial charge in [0.15, 0.2) is 17.2 Å². The van der Waals surface area contributed by atoms with Gasteiger partial charge < -0.3 is 21.9 Å². The number of benzene rings is 2. The highest BCUT2D eigenvalue weighted by Gasteiger charge is 2.23. The molecule has 0 aliphatic carbocycles. The van der Waals surface area contributed by atoms with Gasteiger partial charge in [-0.25, -0.2) is 9.38 Å². The lowest BCUT2D eigenvalue weighted by atomic mass is 9.93. The lowest BCUT2D eigenvalue weighted by Crippen LogP contribution is -3.00. The number of rotatable bonds is 4. The third-order valence-corrected chi connectivity index (χ3v) is 3.99. The van der Waals surface area contributed by atoms with Crippen LogP contribution >= 0.6 is 0 Å². The van der Waals surface area contributed by atoms with Crippen LogP contribution in [0.1, 0.15) is 16.7 Å². The van der Waals surface area contributed by atoms with E-state index in [0.29, 0.717) is 17.7 Å². The lowest BCUT2D eigenvalue weighted by molar-refractivity contribution is -0.458. The SMILES string of the molecule is COc1cc2c(cc1OC)C(Cc1ccccc1F)=[NH+]CC2.[Cl-]. The summed E-state index contributed by atoms with van der Waals surface area (Å²) in [6.45, 7) is 0.840. The molecule has 0 atom stereocenters. The number of fused-ring (bicyclic) bond motifs is 1. The van der Waals surface area contributed by atoms with Crippen LogP contribution in [0.25, 0.3) is 0 Å². The van der Waals surface area contributed by atoms with Gasteiger partial charge in [-0.3, -0.25) is 0 Å². The van der Waals surface area contributed by atoms with Crippen LogP contribution in [0.4, 0.5) is 4.39 Å². The summed E-state index contributed by atoms with van der Waals surface area (Å²) >= 11 is 0. The van der Waals surface area contributed by atoms with Gasteiger partial charge in [0, 0.05) is 12.0 Å². The average molecular weight is 336 g/mol. The molecule has 3 nitrogen and oxygen atoms in total. The molecule has 0 amide bonds. The number of halogens is 2. The first-order valence-electron chi connectivity index (χ1n) is 7.31. The highest BCUT2D eigenvalue weighted by Crippen LogP contribution is 2.31. The van der Waals surface area contributed by atoms with Crippen LogP contribution in [0.3, 0.4) is 0 Å². The van der Waals surface area contributed by atoms with Gasteiger partial charge in [0.25, 0.3) is 0 Å². The number of methoxy groups -OCH3 is 2. The van der Waals surface area contributed by atoms with Gasteiger partial charge in [-0.2, -0.15) is 0 Å². The molecule has 0 unspecified atom stereocenters. The van der Waals surface area contributed by atoms with E-state index in [9.17, 15) is 4.39 Å². The summed E-state index contributed by atoms with van der Waals surface area (Å²) in [6, 6.07) is 10.9. The molecule has 122 valence electrons. The molecule has 0 aromatic heterocycles. The first-order valence-corrected chi connectivity index (χ1v) is 7.31. The Balaban J connectivity index is 0.00000192. The molecule has 1 aliphatic rings. The molecule has 5 heteroatoms. The van der Waals surface area contributed by atoms with Gasteiger partial charge in [0.1, 0.15) is 12.4 Å². The summed E-state index contributed by atoms with van der Waals surface area (Å²) in [4.78, 5) is 3.39. The second-order valence-corrected chi connectivity index (χ2v) is 5.29. The molecule has 1 aliphatic heterocycles. The molecule has 0 saturated carbocycles. The monoisotopic (exact) mass is 335 g/mol. The molecule has 1 N–H and O–H groups in total. The fourth-order valence-electron chi connectivity index (χ4n) is 2.84. The highest BCUT2D eigenvalue weighted by molar-refractivity contribution is 6.00. The molecular weight excluding hydrogens is 317 g/mol. The van der Waals surface area contributed by atoms with E-state index in [2.05, 4.69) is 4.99 Å². The minimum atomic E-state index is -0.176. The van der Waals surface area contributed by atoms with Gasteiger partial charge in [0.05, 0.1) is 20.6 Å². The third-order valence-electron chi connectivity index (χ3n) is 3.99. The van der Waals surface area contributed by atoms with E-state index >= 15 is 0 Å². The number of nitrogens with one attached hydrogen (secondary N) is 1. The van der Waals surface area contributed by atoms with Crippen molar-refractivity contribution >= 4 is 5.71 Å². The van der Waals surface area contributed by atoms with E-state index in [1.807, 2.05) is 24.3 Å². The van der Waals surface area contributed by atoms with E-state index in [1.165, 1.54) is 11.6 Å². The first kappa shape index (κ1) is 17.3. The average Bonchev–Trinajstić information content (AvgIpc) is 2.56. The second-order valence-electron chi connectivity index (χ2n) is 5.29. The van der Waals surface area contributed by atoms with Crippen molar-refractivity contribution in [2.24, 2.45) is 0 Å². The quantitative estimate of drug-likeness (QED) is 0.739. The first-order chi connectivity index (χ1) is 10.7. The Morgan fingerprint density at radius 1 is 1.09 bits per heavy atom. The minimum absolute atomic E-state index is 0. The number of hydrogen-bond acceptors (Lipinski definition) is 2. The highest BCUT2D eigenvalue weighted by atomic mass is 35.5. The zero-order valence-corrected chi connectivity index (χ0v) is 13.9. The van der Waals surface area contributed by atoms with Crippen molar-refractivity contribution in [2.75, 3.05) is 20.8 Å². The van der Waals surface area contributed by atoms with E-state index in [-0.39, 0.29) is 18.2 Å². The van der Waals surface area contributed by atoms with Gasteiger partial charge in [-0.15, -0.1) is 0 Å². The van der Waals surface area contributed by atoms with Crippen LogP contribution in [0.2, 0.25) is 0 Å². The molecule has 2 aromatic carbocycles. The molecule has 23 heavy (non-hydrogen) atoms. The smallest absolute Gasteiger partial charge is 0.186 e. The molecule has 0 saturated heterocycles. The molecule has 1 heterocycles. The van der Waals surface area contributed by atoms with Crippen LogP contribution in [0.5, 0.6) is 11.5 Å². The Labute approximate surface area is 141 Å². The second kappa shape index (κ2) is 7.47. The van der Waals surface area contributed by atoms with Gasteiger partial charge in [-0.1, -0.05) is 18.2 Å². The zero-order valence-electron chi connectivity index (χ0n) is 13.2. The number of ether oxygens (including phenoxy) is 2. The Kier molecular flexibility index (Phi) is 5.61. The Hall–Kier alpha value is -2.07. The number of hydrogen-bond donors (Lipinski definition) is 1. The van der Waals surface area contributed by atoms with Crippen molar-refractivity contribution in [2.45, 2.75) is 12.8 Å². The predicted octanol–water partition coefficient (Wildman–Crippen LogP) is -1.48. The summed E-state index contributed by atoms with van der Waals surface area (Å²) in [5.74, 6) is 1.24. The summed E-state index contributed by atoms with van der Waals surface area (Å²) < 4.78 is 24.6. The maximum Gasteiger partial charge on any atom is 0.186 e. The summed E-state index contributed by atoms with van der Waals surface area (Å²) in [5.41, 5.74) is 3.98. The van der Waals surface area contributed by atoms with Gasteiger partial charge >= 0.3 is 0 Å². The third kappa shape index (κ3) is 3.48. The van der Waals surface area contributed by atoms with Gasteiger partial charge in [0.2, 0.25) is 0 Å². The van der Waals surface area contributed by atoms with Crippen LogP contribution in [0, 0.1) is 5.82 Å². The fourth-order valence-corrected chi connectivity index (χ4v) is 2.84. The van der Waals surface area contributed by atoms with Crippen molar-refractivity contribution in [3.8, 4) is 11.5 Å². The fraction of sp³-hybridized carbons (Fsp3) is 0.278. The maximum atomic E-state index is 13.9. The zero-order chi connectivity index (χ0) is 15.5. The van der Waals surface area contributed by atoms with Gasteiger partial charge in [-0.05, 0) is 29.3 Å².